The molecule has 2 aromatic rings. The number of aromatic nitrogens is 2. The van der Waals surface area contributed by atoms with Crippen LogP contribution >= 0.6 is 0 Å². The molecule has 0 amide bonds. The first-order valence-corrected chi connectivity index (χ1v) is 7.36. The Morgan fingerprint density at radius 2 is 2.16 bits per heavy atom. The molecule has 1 aliphatic rings. The van der Waals surface area contributed by atoms with Crippen LogP contribution in [-0.2, 0) is 0 Å². The first-order chi connectivity index (χ1) is 9.11. The summed E-state index contributed by atoms with van der Waals surface area (Å²) in [7, 11) is 0. The molecular formula is C16H23N3. The molecule has 2 N–H and O–H groups in total. The van der Waals surface area contributed by atoms with Crippen molar-refractivity contribution in [3.8, 4) is 0 Å². The molecular weight excluding hydrogens is 234 g/mol. The summed E-state index contributed by atoms with van der Waals surface area (Å²) in [5.74, 6) is 2.19. The third-order valence-electron chi connectivity index (χ3n) is 4.91. The molecule has 3 unspecified atom stereocenters. The zero-order chi connectivity index (χ0) is 13.6. The fraction of sp³-hybridized carbons (Fsp3) is 0.562. The number of fused-ring (bicyclic) bond motifs is 1. The number of aryl methyl sites for hydroxylation is 1. The lowest BCUT2D eigenvalue weighted by molar-refractivity contribution is 0.336. The number of benzene rings is 1. The van der Waals surface area contributed by atoms with Crippen molar-refractivity contribution in [2.24, 2.45) is 11.8 Å². The lowest BCUT2D eigenvalue weighted by Gasteiger charge is -2.22. The Hall–Kier alpha value is -1.51. The number of hydrogen-bond donors (Lipinski definition) is 1. The molecule has 0 spiro atoms. The average molecular weight is 257 g/mol. The van der Waals surface area contributed by atoms with Crippen LogP contribution in [0.1, 0.15) is 44.7 Å². The van der Waals surface area contributed by atoms with Gasteiger partial charge in [0.2, 0.25) is 5.95 Å². The van der Waals surface area contributed by atoms with Crippen molar-refractivity contribution >= 4 is 17.0 Å². The van der Waals surface area contributed by atoms with Gasteiger partial charge in [-0.2, -0.15) is 0 Å². The number of rotatable bonds is 2. The molecule has 1 aromatic heterocycles. The van der Waals surface area contributed by atoms with E-state index >= 15 is 0 Å². The smallest absolute Gasteiger partial charge is 0.201 e. The summed E-state index contributed by atoms with van der Waals surface area (Å²) in [5, 5.41) is 0. The zero-order valence-electron chi connectivity index (χ0n) is 12.1. The summed E-state index contributed by atoms with van der Waals surface area (Å²) in [6.45, 7) is 6.76. The molecule has 102 valence electrons. The lowest BCUT2D eigenvalue weighted by Crippen LogP contribution is -2.17. The van der Waals surface area contributed by atoms with E-state index in [0.717, 1.165) is 11.4 Å². The molecule has 3 rings (SSSR count). The Balaban J connectivity index is 2.08. The largest absolute Gasteiger partial charge is 0.369 e. The molecule has 1 aliphatic carbocycles. The van der Waals surface area contributed by atoms with E-state index in [4.69, 9.17) is 5.73 Å². The van der Waals surface area contributed by atoms with Gasteiger partial charge in [0.25, 0.3) is 0 Å². The molecule has 3 atom stereocenters. The Kier molecular flexibility index (Phi) is 3.00. The van der Waals surface area contributed by atoms with E-state index in [1.807, 2.05) is 0 Å². The first-order valence-electron chi connectivity index (χ1n) is 7.36. The third kappa shape index (κ3) is 1.92. The van der Waals surface area contributed by atoms with Gasteiger partial charge in [-0.3, -0.25) is 0 Å². The molecule has 1 saturated carbocycles. The Morgan fingerprint density at radius 3 is 2.84 bits per heavy atom. The minimum absolute atomic E-state index is 0.512. The Labute approximate surface area is 114 Å². The van der Waals surface area contributed by atoms with E-state index in [1.54, 1.807) is 0 Å². The molecule has 19 heavy (non-hydrogen) atoms. The van der Waals surface area contributed by atoms with Gasteiger partial charge < -0.3 is 10.3 Å². The third-order valence-corrected chi connectivity index (χ3v) is 4.91. The molecule has 0 aliphatic heterocycles. The second-order valence-corrected chi connectivity index (χ2v) is 6.00. The molecule has 3 heteroatoms. The predicted octanol–water partition coefficient (Wildman–Crippen LogP) is 3.92. The van der Waals surface area contributed by atoms with Gasteiger partial charge in [0.1, 0.15) is 0 Å². The van der Waals surface area contributed by atoms with Crippen LogP contribution in [0.2, 0.25) is 0 Å². The monoisotopic (exact) mass is 257 g/mol. The SMILES string of the molecule is CCC1CCC(n2c(N)nc3cc(C)ccc32)C1C. The van der Waals surface area contributed by atoms with Gasteiger partial charge in [0.05, 0.1) is 11.0 Å². The van der Waals surface area contributed by atoms with Crippen molar-refractivity contribution < 1.29 is 0 Å². The number of nitrogens with two attached hydrogens (primary N) is 1. The number of nitrogens with zero attached hydrogens (tertiary/aromatic N) is 2. The van der Waals surface area contributed by atoms with Gasteiger partial charge in [-0.15, -0.1) is 0 Å². The summed E-state index contributed by atoms with van der Waals surface area (Å²) in [6, 6.07) is 6.95. The average Bonchev–Trinajstić information content (AvgIpc) is 2.88. The Morgan fingerprint density at radius 1 is 1.37 bits per heavy atom. The van der Waals surface area contributed by atoms with Gasteiger partial charge in [-0.25, -0.2) is 4.98 Å². The van der Waals surface area contributed by atoms with Crippen LogP contribution in [0.5, 0.6) is 0 Å². The number of hydrogen-bond acceptors (Lipinski definition) is 2. The molecule has 1 aromatic carbocycles. The maximum Gasteiger partial charge on any atom is 0.201 e. The van der Waals surface area contributed by atoms with Gasteiger partial charge in [0.15, 0.2) is 0 Å². The molecule has 1 fully saturated rings. The maximum atomic E-state index is 6.18. The molecule has 1 heterocycles. The number of anilines is 1. The molecule has 0 radical (unpaired) electrons. The van der Waals surface area contributed by atoms with Gasteiger partial charge >= 0.3 is 0 Å². The predicted molar refractivity (Wildman–Crippen MR) is 80.1 cm³/mol. The van der Waals surface area contributed by atoms with Gasteiger partial charge in [-0.1, -0.05) is 26.3 Å². The van der Waals surface area contributed by atoms with Gasteiger partial charge in [0, 0.05) is 6.04 Å². The van der Waals surface area contributed by atoms with Crippen molar-refractivity contribution in [2.75, 3.05) is 5.73 Å². The second-order valence-electron chi connectivity index (χ2n) is 6.00. The van der Waals surface area contributed by atoms with Crippen LogP contribution in [0.4, 0.5) is 5.95 Å². The van der Waals surface area contributed by atoms with E-state index in [2.05, 4.69) is 48.5 Å². The van der Waals surface area contributed by atoms with Crippen LogP contribution in [-0.4, -0.2) is 9.55 Å². The van der Waals surface area contributed by atoms with E-state index in [9.17, 15) is 0 Å². The highest BCUT2D eigenvalue weighted by Crippen LogP contribution is 2.43. The van der Waals surface area contributed by atoms with Crippen LogP contribution in [0.25, 0.3) is 11.0 Å². The summed E-state index contributed by atoms with van der Waals surface area (Å²) < 4.78 is 2.27. The van der Waals surface area contributed by atoms with Crippen LogP contribution in [0, 0.1) is 18.8 Å². The van der Waals surface area contributed by atoms with Crippen LogP contribution in [0.3, 0.4) is 0 Å². The fourth-order valence-corrected chi connectivity index (χ4v) is 3.74. The molecule has 0 bridgehead atoms. The number of imidazole rings is 1. The van der Waals surface area contributed by atoms with Crippen molar-refractivity contribution in [2.45, 2.75) is 46.1 Å². The second kappa shape index (κ2) is 4.55. The zero-order valence-corrected chi connectivity index (χ0v) is 12.1. The normalized spacial score (nSPS) is 27.2. The summed E-state index contributed by atoms with van der Waals surface area (Å²) in [6.07, 6.45) is 3.81. The highest BCUT2D eigenvalue weighted by Gasteiger charge is 2.34. The number of nitrogen functional groups attached to an aromatic ring is 1. The molecule has 3 nitrogen and oxygen atoms in total. The maximum absolute atomic E-state index is 6.18. The van der Waals surface area contributed by atoms with Crippen molar-refractivity contribution in [1.82, 2.24) is 9.55 Å². The highest BCUT2D eigenvalue weighted by molar-refractivity contribution is 5.79. The summed E-state index contributed by atoms with van der Waals surface area (Å²) >= 11 is 0. The quantitative estimate of drug-likeness (QED) is 0.886. The van der Waals surface area contributed by atoms with Crippen molar-refractivity contribution in [3.63, 3.8) is 0 Å². The first kappa shape index (κ1) is 12.5. The fourth-order valence-electron chi connectivity index (χ4n) is 3.74. The van der Waals surface area contributed by atoms with E-state index in [-0.39, 0.29) is 0 Å². The summed E-state index contributed by atoms with van der Waals surface area (Å²) in [4.78, 5) is 4.54. The lowest BCUT2D eigenvalue weighted by atomic mass is 9.93. The van der Waals surface area contributed by atoms with Crippen LogP contribution < -0.4 is 5.73 Å². The minimum atomic E-state index is 0.512. The van der Waals surface area contributed by atoms with E-state index in [1.165, 1.54) is 30.3 Å². The highest BCUT2D eigenvalue weighted by atomic mass is 15.2. The standard InChI is InChI=1S/C16H23N3/c1-4-12-6-8-14(11(12)3)19-15-7-5-10(2)9-13(15)18-16(19)17/h5,7,9,11-12,14H,4,6,8H2,1-3H3,(H2,17,18). The van der Waals surface area contributed by atoms with Crippen molar-refractivity contribution in [3.05, 3.63) is 23.8 Å². The van der Waals surface area contributed by atoms with E-state index < -0.39 is 0 Å². The Bertz CT molecular complexity index is 599. The van der Waals surface area contributed by atoms with Crippen molar-refractivity contribution in [1.29, 1.82) is 0 Å². The molecule has 0 saturated heterocycles. The topological polar surface area (TPSA) is 43.8 Å². The summed E-state index contributed by atoms with van der Waals surface area (Å²) in [5.41, 5.74) is 9.65. The minimum Gasteiger partial charge on any atom is -0.369 e. The van der Waals surface area contributed by atoms with E-state index in [0.29, 0.717) is 17.9 Å². The van der Waals surface area contributed by atoms with Gasteiger partial charge in [-0.05, 0) is 49.3 Å². The van der Waals surface area contributed by atoms with Crippen LogP contribution in [0.15, 0.2) is 18.2 Å².